The van der Waals surface area contributed by atoms with E-state index in [2.05, 4.69) is 0 Å². The Morgan fingerprint density at radius 2 is 0.600 bits per heavy atom. The van der Waals surface area contributed by atoms with Gasteiger partial charge >= 0.3 is 75.4 Å². The van der Waals surface area contributed by atoms with Crippen LogP contribution in [0.5, 0.6) is 0 Å². The molecule has 0 fully saturated rings. The van der Waals surface area contributed by atoms with Gasteiger partial charge in [0.25, 0.3) is 0 Å². The molecule has 0 bridgehead atoms. The van der Waals surface area contributed by atoms with Crippen molar-refractivity contribution in [2.24, 2.45) is 0 Å². The van der Waals surface area contributed by atoms with E-state index in [-0.39, 0.29) is 83.0 Å². The Hall–Kier alpha value is 2.35. The molecule has 0 spiro atoms. The van der Waals surface area contributed by atoms with Crippen molar-refractivity contribution in [1.29, 1.82) is 0 Å². The van der Waals surface area contributed by atoms with Gasteiger partial charge in [-0.2, -0.15) is 0 Å². The molecule has 5 heavy (non-hydrogen) atoms. The van der Waals surface area contributed by atoms with Gasteiger partial charge in [0.1, 0.15) is 0 Å². The van der Waals surface area contributed by atoms with Gasteiger partial charge in [-0.3, -0.25) is 0 Å². The van der Waals surface area contributed by atoms with E-state index >= 15 is 0 Å². The van der Waals surface area contributed by atoms with Crippen LogP contribution in [0.2, 0.25) is 0 Å². The summed E-state index contributed by atoms with van der Waals surface area (Å²) in [6.45, 7) is 0. The van der Waals surface area contributed by atoms with Gasteiger partial charge in [-0.05, 0) is 0 Å². The van der Waals surface area contributed by atoms with E-state index in [4.69, 9.17) is 0 Å². The summed E-state index contributed by atoms with van der Waals surface area (Å²) in [7, 11) is 0. The van der Waals surface area contributed by atoms with Crippen LogP contribution in [0.3, 0.4) is 0 Å². The second kappa shape index (κ2) is 32.9. The molecule has 0 radical (unpaired) electrons. The van der Waals surface area contributed by atoms with E-state index in [1.165, 1.54) is 0 Å². The summed E-state index contributed by atoms with van der Waals surface area (Å²) < 4.78 is 0. The van der Waals surface area contributed by atoms with E-state index in [1.807, 2.05) is 0 Å². The Labute approximate surface area is 82.2 Å². The summed E-state index contributed by atoms with van der Waals surface area (Å²) in [5.41, 5.74) is 0. The van der Waals surface area contributed by atoms with Crippen LogP contribution in [-0.2, 0) is 0 Å². The van der Waals surface area contributed by atoms with E-state index in [9.17, 15) is 0 Å². The molecule has 0 unspecified atom stereocenters. The number of nitrogens with zero attached hydrogens (tertiary/aromatic N) is 1. The Bertz CT molecular complexity index is 7.51. The maximum absolute atomic E-state index is 0. The zero-order chi connectivity index (χ0) is 0. The zero-order valence-corrected chi connectivity index (χ0v) is 4.45. The van der Waals surface area contributed by atoms with Crippen LogP contribution in [0.15, 0.2) is 0 Å². The van der Waals surface area contributed by atoms with E-state index in [0.29, 0.717) is 0 Å². The summed E-state index contributed by atoms with van der Waals surface area (Å²) in [6, 6.07) is 0. The summed E-state index contributed by atoms with van der Waals surface area (Å²) >= 11 is 0. The second-order valence-corrected chi connectivity index (χ2v) is 0. The molecular weight excluding hydrogens is 41.8 g/mol. The third-order valence-corrected chi connectivity index (χ3v) is 0. The number of hydrogen-bond donors (Lipinski definition) is 0. The number of hydrogen-bond acceptors (Lipinski definition) is 0. The van der Waals surface area contributed by atoms with Gasteiger partial charge in [0, 0.05) is 1.43 Å². The van der Waals surface area contributed by atoms with Gasteiger partial charge in [-0.1, -0.05) is 0 Å². The van der Waals surface area contributed by atoms with Crippen molar-refractivity contribution in [2.75, 3.05) is 0 Å². The van der Waals surface area contributed by atoms with Gasteiger partial charge < -0.3 is 6.15 Å². The fraction of sp³-hybridized carbons (Fsp3) is 0. The first-order chi connectivity index (χ1) is 0. The molecule has 10 valence electrons. The van der Waals surface area contributed by atoms with Crippen LogP contribution in [0.4, 0.5) is 0 Å². The Kier molecular flexibility index (Phi) is 353. The summed E-state index contributed by atoms with van der Waals surface area (Å²) in [5.74, 6) is 0. The second-order valence-electron chi connectivity index (χ2n) is 0. The van der Waals surface area contributed by atoms with Crippen LogP contribution >= 0.6 is 0 Å². The molecule has 0 aromatic heterocycles. The predicted octanol–water partition coefficient (Wildman–Crippen LogP) is -11.4. The predicted molar refractivity (Wildman–Crippen MR) is 5.47 cm³/mol. The Morgan fingerprint density at radius 1 is 0.600 bits per heavy atom. The van der Waals surface area contributed by atoms with E-state index in [0.717, 1.165) is 0 Å². The van der Waals surface area contributed by atoms with Crippen LogP contribution in [-0.4, -0.2) is 0 Å². The number of rotatable bonds is 0. The van der Waals surface area contributed by atoms with Gasteiger partial charge in [0.2, 0.25) is 0 Å². The molecule has 0 N–H and O–H groups in total. The largest absolute Gasteiger partial charge is 3.00 e. The summed E-state index contributed by atoms with van der Waals surface area (Å²) in [6.07, 6.45) is 0. The van der Waals surface area contributed by atoms with Crippen molar-refractivity contribution in [1.82, 2.24) is 0 Å². The maximum atomic E-state index is 0. The molecule has 0 aromatic rings. The van der Waals surface area contributed by atoms with Gasteiger partial charge in [0.15, 0.2) is 0 Å². The van der Waals surface area contributed by atoms with Crippen LogP contribution in [0.1, 0.15) is 1.43 Å². The van der Waals surface area contributed by atoms with E-state index < -0.39 is 0 Å². The first-order valence-corrected chi connectivity index (χ1v) is 0. The summed E-state index contributed by atoms with van der Waals surface area (Å²) in [5, 5.41) is 0. The third kappa shape index (κ3) is 21.8. The quantitative estimate of drug-likeness (QED) is 0.242. The standard InChI is InChI=1S/4Li.N.H2/h;;;;;1H/q4*+1;-3;. The average Bonchev–Trinajstić information content (AvgIpc) is 0. The Morgan fingerprint density at radius 3 is 0.600 bits per heavy atom. The first-order valence-electron chi connectivity index (χ1n) is 0. The van der Waals surface area contributed by atoms with Crippen molar-refractivity contribution >= 4 is 0 Å². The Balaban J connectivity index is 0. The topological polar surface area (TPSA) is 30.5 Å². The molecule has 0 heterocycles. The van der Waals surface area contributed by atoms with Crippen LogP contribution in [0.25, 0.3) is 6.15 Å². The molecule has 0 rings (SSSR count). The first kappa shape index (κ1) is 53.7. The molecule has 0 aliphatic carbocycles. The molecule has 0 saturated heterocycles. The zero-order valence-electron chi connectivity index (χ0n) is 4.45. The average molecular weight is 43.8 g/mol. The summed E-state index contributed by atoms with van der Waals surface area (Å²) in [4.78, 5) is 0. The van der Waals surface area contributed by atoms with E-state index in [1.54, 1.807) is 0 Å². The van der Waals surface area contributed by atoms with Crippen molar-refractivity contribution in [3.8, 4) is 0 Å². The van der Waals surface area contributed by atoms with Gasteiger partial charge in [0.05, 0.1) is 0 Å². The normalized spacial score (nSPS) is 0. The molecule has 0 aliphatic rings. The maximum Gasteiger partial charge on any atom is 1.00 e. The van der Waals surface area contributed by atoms with Crippen molar-refractivity contribution < 1.29 is 76.9 Å². The molecule has 5 heteroatoms. The monoisotopic (exact) mass is 44.1 g/mol. The fourth-order valence-corrected chi connectivity index (χ4v) is 0. The molecule has 0 saturated carbocycles. The molecule has 1 nitrogen and oxygen atoms in total. The third-order valence-electron chi connectivity index (χ3n) is 0. The van der Waals surface area contributed by atoms with Crippen molar-refractivity contribution in [2.45, 2.75) is 0 Å². The van der Waals surface area contributed by atoms with Crippen LogP contribution in [0, 0.1) is 0 Å². The molecule has 0 aliphatic heterocycles. The van der Waals surface area contributed by atoms with Crippen molar-refractivity contribution in [3.63, 3.8) is 0 Å². The minimum absolute atomic E-state index is 0. The minimum atomic E-state index is 0. The molecule has 0 atom stereocenters. The molecule has 0 aromatic carbocycles. The minimum Gasteiger partial charge on any atom is -3.00 e. The van der Waals surface area contributed by atoms with Crippen molar-refractivity contribution in [3.05, 3.63) is 6.15 Å². The fourth-order valence-electron chi connectivity index (χ4n) is 0. The van der Waals surface area contributed by atoms with Gasteiger partial charge in [-0.25, -0.2) is 0 Å². The van der Waals surface area contributed by atoms with Crippen LogP contribution < -0.4 is 75.4 Å². The molecular formula is H2Li4N+. The van der Waals surface area contributed by atoms with Gasteiger partial charge in [-0.15, -0.1) is 0 Å². The SMILES string of the molecule is [HH].[Li+].[Li+].[Li+].[Li+].[N-3]. The molecule has 0 amide bonds. The smallest absolute Gasteiger partial charge is 1.00 e.